The molecule has 12 nitrogen and oxygen atoms in total. The molecule has 0 bridgehead atoms. The minimum absolute atomic E-state index is 0.111. The van der Waals surface area contributed by atoms with Crippen LogP contribution in [0.3, 0.4) is 0 Å². The fourth-order valence-electron chi connectivity index (χ4n) is 4.38. The Kier molecular flexibility index (Phi) is 7.11. The average molecular weight is 519 g/mol. The quantitative estimate of drug-likeness (QED) is 0.186. The maximum Gasteiger partial charge on any atom is 0.323 e. The molecular weight excluding hydrogens is 492 g/mol. The Bertz CT molecular complexity index is 1440. The van der Waals surface area contributed by atoms with Gasteiger partial charge in [0.05, 0.1) is 12.9 Å². The van der Waals surface area contributed by atoms with E-state index < -0.39 is 43.2 Å². The monoisotopic (exact) mass is 518 g/mol. The number of hydrogen-bond donors (Lipinski definition) is 4. The molecule has 1 fully saturated rings. The lowest BCUT2D eigenvalue weighted by molar-refractivity contribution is -0.160. The van der Waals surface area contributed by atoms with Gasteiger partial charge in [-0.15, -0.1) is 0 Å². The molecule has 38 heavy (non-hydrogen) atoms. The zero-order valence-electron chi connectivity index (χ0n) is 20.1. The third-order valence-corrected chi connectivity index (χ3v) is 6.42. The standard InChI is InChI=1S/C26H26N6O6/c27-17(10-14-6-8-16(9-7-14)20(34)15-4-2-1-3-5-15)26(36)38-22-21(35)18(11-33)37-25(22)32-13-31-19-23(28)29-12-30-24(19)32/h1-9,12-13,17-18,21-22,25,33,35H,10-11,27H2,(H2,28,29,30)/t17?,18-,21-,22-,25-/m1/s1. The summed E-state index contributed by atoms with van der Waals surface area (Å²) in [5, 5.41) is 20.4. The summed E-state index contributed by atoms with van der Waals surface area (Å²) in [6, 6.07) is 14.7. The highest BCUT2D eigenvalue weighted by molar-refractivity contribution is 6.08. The third-order valence-electron chi connectivity index (χ3n) is 6.42. The van der Waals surface area contributed by atoms with Crippen molar-refractivity contribution in [1.29, 1.82) is 0 Å². The predicted molar refractivity (Wildman–Crippen MR) is 135 cm³/mol. The number of rotatable bonds is 8. The van der Waals surface area contributed by atoms with Gasteiger partial charge in [0.1, 0.15) is 30.1 Å². The lowest BCUT2D eigenvalue weighted by Gasteiger charge is -2.23. The van der Waals surface area contributed by atoms with Gasteiger partial charge in [0, 0.05) is 11.1 Å². The van der Waals surface area contributed by atoms with Crippen molar-refractivity contribution in [2.24, 2.45) is 5.73 Å². The predicted octanol–water partition coefficient (Wildman–Crippen LogP) is 0.372. The summed E-state index contributed by atoms with van der Waals surface area (Å²) in [5.41, 5.74) is 14.4. The molecule has 3 heterocycles. The molecule has 12 heteroatoms. The van der Waals surface area contributed by atoms with Gasteiger partial charge in [-0.3, -0.25) is 14.2 Å². The van der Waals surface area contributed by atoms with E-state index in [0.29, 0.717) is 22.3 Å². The summed E-state index contributed by atoms with van der Waals surface area (Å²) in [6.45, 7) is -0.504. The first-order valence-electron chi connectivity index (χ1n) is 11.9. The van der Waals surface area contributed by atoms with Gasteiger partial charge in [-0.1, -0.05) is 54.6 Å². The van der Waals surface area contributed by atoms with Crippen molar-refractivity contribution in [1.82, 2.24) is 19.5 Å². The SMILES string of the molecule is Nc1ncnc2c1ncn2[C@@H]1O[C@H](CO)[C@@H](O)[C@H]1OC(=O)C(N)Cc1ccc(C(=O)c2ccccc2)cc1. The minimum Gasteiger partial charge on any atom is -0.453 e. The van der Waals surface area contributed by atoms with Crippen LogP contribution in [-0.4, -0.2) is 72.4 Å². The summed E-state index contributed by atoms with van der Waals surface area (Å²) >= 11 is 0. The molecule has 1 aliphatic heterocycles. The molecule has 0 saturated carbocycles. The molecule has 0 spiro atoms. The van der Waals surface area contributed by atoms with Crippen molar-refractivity contribution < 1.29 is 29.3 Å². The number of carbonyl (C=O) groups is 2. The van der Waals surface area contributed by atoms with Crippen molar-refractivity contribution in [2.45, 2.75) is 37.0 Å². The summed E-state index contributed by atoms with van der Waals surface area (Å²) in [7, 11) is 0. The molecule has 1 aliphatic rings. The van der Waals surface area contributed by atoms with Crippen LogP contribution in [0.4, 0.5) is 5.82 Å². The molecule has 2 aromatic carbocycles. The molecule has 5 atom stereocenters. The number of imidazole rings is 1. The Morgan fingerprint density at radius 3 is 2.47 bits per heavy atom. The molecule has 5 rings (SSSR count). The molecule has 0 aliphatic carbocycles. The molecule has 0 amide bonds. The topological polar surface area (TPSA) is 189 Å². The van der Waals surface area contributed by atoms with Crippen LogP contribution < -0.4 is 11.5 Å². The number of nitrogens with two attached hydrogens (primary N) is 2. The van der Waals surface area contributed by atoms with Gasteiger partial charge in [-0.25, -0.2) is 15.0 Å². The molecule has 6 N–H and O–H groups in total. The van der Waals surface area contributed by atoms with Crippen molar-refractivity contribution in [2.75, 3.05) is 12.3 Å². The van der Waals surface area contributed by atoms with E-state index in [1.54, 1.807) is 48.5 Å². The number of ether oxygens (including phenoxy) is 2. The highest BCUT2D eigenvalue weighted by Crippen LogP contribution is 2.34. The first kappa shape index (κ1) is 25.4. The van der Waals surface area contributed by atoms with Gasteiger partial charge in [0.25, 0.3) is 0 Å². The van der Waals surface area contributed by atoms with E-state index in [0.717, 1.165) is 5.56 Å². The van der Waals surface area contributed by atoms with Crippen molar-refractivity contribution in [3.8, 4) is 0 Å². The minimum atomic E-state index is -1.33. The number of esters is 1. The van der Waals surface area contributed by atoms with Crippen molar-refractivity contribution >= 4 is 28.7 Å². The van der Waals surface area contributed by atoms with Crippen LogP contribution in [0.5, 0.6) is 0 Å². The number of nitrogen functional groups attached to an aromatic ring is 1. The van der Waals surface area contributed by atoms with Crippen LogP contribution in [0.15, 0.2) is 67.3 Å². The lowest BCUT2D eigenvalue weighted by atomic mass is 10.00. The van der Waals surface area contributed by atoms with Crippen LogP contribution in [0.2, 0.25) is 0 Å². The van der Waals surface area contributed by atoms with Crippen LogP contribution in [0.25, 0.3) is 11.2 Å². The fraction of sp³-hybridized carbons (Fsp3) is 0.269. The van der Waals surface area contributed by atoms with E-state index >= 15 is 0 Å². The number of anilines is 1. The highest BCUT2D eigenvalue weighted by Gasteiger charge is 2.48. The molecule has 1 saturated heterocycles. The summed E-state index contributed by atoms with van der Waals surface area (Å²) in [4.78, 5) is 37.8. The largest absolute Gasteiger partial charge is 0.453 e. The summed E-state index contributed by atoms with van der Waals surface area (Å²) in [5.74, 6) is -0.734. The normalized spacial score (nSPS) is 21.9. The van der Waals surface area contributed by atoms with Gasteiger partial charge in [0.2, 0.25) is 0 Å². The van der Waals surface area contributed by atoms with E-state index in [-0.39, 0.29) is 18.0 Å². The van der Waals surface area contributed by atoms with E-state index in [4.69, 9.17) is 20.9 Å². The number of ketones is 1. The second kappa shape index (κ2) is 10.6. The number of nitrogens with zero attached hydrogens (tertiary/aromatic N) is 4. The summed E-state index contributed by atoms with van der Waals surface area (Å²) < 4.78 is 12.8. The number of fused-ring (bicyclic) bond motifs is 1. The molecular formula is C26H26N6O6. The number of carbonyl (C=O) groups excluding carboxylic acids is 2. The molecule has 196 valence electrons. The van der Waals surface area contributed by atoms with Crippen LogP contribution in [0, 0.1) is 0 Å². The third kappa shape index (κ3) is 4.85. The number of aliphatic hydroxyl groups is 2. The number of aromatic nitrogens is 4. The fourth-order valence-corrected chi connectivity index (χ4v) is 4.38. The average Bonchev–Trinajstić information content (AvgIpc) is 3.50. The lowest BCUT2D eigenvalue weighted by Crippen LogP contribution is -2.42. The number of benzene rings is 2. The molecule has 4 aromatic rings. The second-order valence-corrected chi connectivity index (χ2v) is 8.93. The van der Waals surface area contributed by atoms with Crippen LogP contribution >= 0.6 is 0 Å². The first-order chi connectivity index (χ1) is 18.4. The second-order valence-electron chi connectivity index (χ2n) is 8.93. The molecule has 2 aromatic heterocycles. The van der Waals surface area contributed by atoms with Crippen LogP contribution in [-0.2, 0) is 20.7 Å². The van der Waals surface area contributed by atoms with Crippen molar-refractivity contribution in [3.63, 3.8) is 0 Å². The molecule has 0 radical (unpaired) electrons. The Morgan fingerprint density at radius 1 is 1.05 bits per heavy atom. The number of hydrogen-bond acceptors (Lipinski definition) is 11. The van der Waals surface area contributed by atoms with E-state index in [1.165, 1.54) is 17.2 Å². The van der Waals surface area contributed by atoms with E-state index in [9.17, 15) is 19.8 Å². The van der Waals surface area contributed by atoms with Crippen molar-refractivity contribution in [3.05, 3.63) is 83.9 Å². The Labute approximate surface area is 216 Å². The maximum atomic E-state index is 12.9. The van der Waals surface area contributed by atoms with E-state index in [1.807, 2.05) is 6.07 Å². The van der Waals surface area contributed by atoms with Gasteiger partial charge in [0.15, 0.2) is 29.6 Å². The number of aliphatic hydroxyl groups excluding tert-OH is 2. The zero-order chi connectivity index (χ0) is 26.8. The summed E-state index contributed by atoms with van der Waals surface area (Å²) in [6.07, 6.45) is -1.83. The maximum absolute atomic E-state index is 12.9. The first-order valence-corrected chi connectivity index (χ1v) is 11.9. The van der Waals surface area contributed by atoms with E-state index in [2.05, 4.69) is 15.0 Å². The highest BCUT2D eigenvalue weighted by atomic mass is 16.6. The van der Waals surface area contributed by atoms with Gasteiger partial charge in [-0.2, -0.15) is 0 Å². The molecule has 1 unspecified atom stereocenters. The Hall–Kier alpha value is -4.23. The van der Waals surface area contributed by atoms with Crippen LogP contribution in [0.1, 0.15) is 27.7 Å². The van der Waals surface area contributed by atoms with Gasteiger partial charge in [-0.05, 0) is 12.0 Å². The van der Waals surface area contributed by atoms with Gasteiger partial charge >= 0.3 is 5.97 Å². The Morgan fingerprint density at radius 2 is 1.76 bits per heavy atom. The van der Waals surface area contributed by atoms with Gasteiger partial charge < -0.3 is 31.2 Å². The Balaban J connectivity index is 1.29. The zero-order valence-corrected chi connectivity index (χ0v) is 20.1. The smallest absolute Gasteiger partial charge is 0.323 e.